The van der Waals surface area contributed by atoms with Crippen molar-refractivity contribution in [3.05, 3.63) is 83.8 Å². The molecule has 0 spiro atoms. The molecule has 4 amide bonds. The standard InChI is InChI=1S/C40H39F2N5O10/c1-46-31-8-9-43-23-29(31)27-21-30(41)35(36(42)37(27)46)24-2-7-34(44-22-24)57-19-17-55-15-13-53-11-10-52-12-14-54-16-18-56-25-3-4-26-28(20-25)40(51)47(39(26)50)32-5-6-33(48)45-38(32)49/h2-4,7-9,20-23,32H,5-6,10-19H2,1H3,(H,45,48,49). The van der Waals surface area contributed by atoms with Crippen LogP contribution >= 0.6 is 0 Å². The van der Waals surface area contributed by atoms with E-state index in [1.54, 1.807) is 48.3 Å². The van der Waals surface area contributed by atoms with Gasteiger partial charge in [0.25, 0.3) is 11.8 Å². The van der Waals surface area contributed by atoms with Gasteiger partial charge in [-0.25, -0.2) is 13.8 Å². The Morgan fingerprint density at radius 2 is 1.42 bits per heavy atom. The topological polar surface area (TPSA) is 170 Å². The Kier molecular flexibility index (Phi) is 12.4. The fraction of sp³-hybridized carbons (Fsp3) is 0.350. The molecule has 1 atom stereocenters. The summed E-state index contributed by atoms with van der Waals surface area (Å²) < 4.78 is 65.8. The Morgan fingerprint density at radius 3 is 2.09 bits per heavy atom. The van der Waals surface area contributed by atoms with Crippen LogP contribution in [-0.4, -0.2) is 115 Å². The Labute approximate surface area is 324 Å². The summed E-state index contributed by atoms with van der Waals surface area (Å²) in [5, 5.41) is 3.30. The number of nitrogens with zero attached hydrogens (tertiary/aromatic N) is 4. The van der Waals surface area contributed by atoms with Gasteiger partial charge >= 0.3 is 0 Å². The van der Waals surface area contributed by atoms with Gasteiger partial charge in [0.2, 0.25) is 17.7 Å². The number of carbonyl (C=O) groups is 4. The zero-order valence-corrected chi connectivity index (χ0v) is 31.0. The van der Waals surface area contributed by atoms with E-state index in [2.05, 4.69) is 15.3 Å². The first kappa shape index (κ1) is 39.4. The molecular weight excluding hydrogens is 748 g/mol. The van der Waals surface area contributed by atoms with Crippen molar-refractivity contribution in [3.8, 4) is 22.8 Å². The Hall–Kier alpha value is -5.88. The van der Waals surface area contributed by atoms with E-state index in [1.807, 2.05) is 0 Å². The van der Waals surface area contributed by atoms with E-state index < -0.39 is 41.3 Å². The second-order valence-electron chi connectivity index (χ2n) is 13.1. The van der Waals surface area contributed by atoms with Gasteiger partial charge in [-0.05, 0) is 42.8 Å². The molecular formula is C40H39F2N5O10. The van der Waals surface area contributed by atoms with Crippen LogP contribution in [-0.2, 0) is 35.6 Å². The minimum Gasteiger partial charge on any atom is -0.491 e. The lowest BCUT2D eigenvalue weighted by molar-refractivity contribution is -0.136. The fourth-order valence-electron chi connectivity index (χ4n) is 6.75. The summed E-state index contributed by atoms with van der Waals surface area (Å²) in [6.07, 6.45) is 4.72. The largest absolute Gasteiger partial charge is 0.491 e. The molecule has 5 aromatic rings. The van der Waals surface area contributed by atoms with Crippen LogP contribution < -0.4 is 14.8 Å². The molecule has 2 aliphatic rings. The summed E-state index contributed by atoms with van der Waals surface area (Å²) in [4.78, 5) is 58.7. The zero-order chi connectivity index (χ0) is 39.9. The molecule has 3 aromatic heterocycles. The minimum atomic E-state index is -1.03. The summed E-state index contributed by atoms with van der Waals surface area (Å²) in [5.41, 5.74) is 1.48. The molecule has 5 heterocycles. The van der Waals surface area contributed by atoms with Gasteiger partial charge in [0.05, 0.1) is 80.6 Å². The van der Waals surface area contributed by atoms with Gasteiger partial charge in [-0.3, -0.25) is 34.4 Å². The number of aromatic nitrogens is 3. The van der Waals surface area contributed by atoms with Crippen LogP contribution in [0.5, 0.6) is 11.6 Å². The lowest BCUT2D eigenvalue weighted by Crippen LogP contribution is -2.54. The van der Waals surface area contributed by atoms with Gasteiger partial charge in [0.1, 0.15) is 30.8 Å². The van der Waals surface area contributed by atoms with Crippen molar-refractivity contribution < 1.29 is 56.4 Å². The molecule has 0 aliphatic carbocycles. The van der Waals surface area contributed by atoms with Crippen molar-refractivity contribution in [2.75, 3.05) is 66.1 Å². The first-order valence-electron chi connectivity index (χ1n) is 18.3. The molecule has 7 rings (SSSR count). The minimum absolute atomic E-state index is 0.0488. The Bertz CT molecular complexity index is 2300. The number of hydrogen-bond acceptors (Lipinski definition) is 12. The highest BCUT2D eigenvalue weighted by atomic mass is 19.1. The first-order valence-corrected chi connectivity index (χ1v) is 18.3. The van der Waals surface area contributed by atoms with E-state index in [4.69, 9.17) is 28.4 Å². The number of hydrogen-bond donors (Lipinski definition) is 1. The molecule has 1 fully saturated rings. The summed E-state index contributed by atoms with van der Waals surface area (Å²) in [5.74, 6) is -2.98. The number of fused-ring (bicyclic) bond motifs is 4. The second-order valence-corrected chi connectivity index (χ2v) is 13.1. The number of piperidine rings is 1. The van der Waals surface area contributed by atoms with Crippen LogP contribution in [0.25, 0.3) is 32.9 Å². The van der Waals surface area contributed by atoms with Crippen LogP contribution in [0.2, 0.25) is 0 Å². The molecule has 15 nitrogen and oxygen atoms in total. The summed E-state index contributed by atoms with van der Waals surface area (Å²) in [6.45, 7) is 3.07. The van der Waals surface area contributed by atoms with Crippen LogP contribution in [0.15, 0.2) is 61.1 Å². The number of amides is 4. The lowest BCUT2D eigenvalue weighted by Gasteiger charge is -2.27. The highest BCUT2D eigenvalue weighted by Gasteiger charge is 2.44. The van der Waals surface area contributed by atoms with Crippen LogP contribution in [0.4, 0.5) is 8.78 Å². The maximum atomic E-state index is 15.7. The first-order chi connectivity index (χ1) is 27.7. The third kappa shape index (κ3) is 8.61. The molecule has 2 aliphatic heterocycles. The lowest BCUT2D eigenvalue weighted by atomic mass is 10.0. The van der Waals surface area contributed by atoms with Crippen molar-refractivity contribution in [1.29, 1.82) is 0 Å². The van der Waals surface area contributed by atoms with Gasteiger partial charge in [-0.2, -0.15) is 0 Å². The molecule has 298 valence electrons. The molecule has 57 heavy (non-hydrogen) atoms. The normalized spacial score (nSPS) is 15.5. The number of halogens is 2. The van der Waals surface area contributed by atoms with Crippen molar-refractivity contribution in [3.63, 3.8) is 0 Å². The van der Waals surface area contributed by atoms with Gasteiger partial charge in [0.15, 0.2) is 5.82 Å². The number of pyridine rings is 2. The summed E-state index contributed by atoms with van der Waals surface area (Å²) in [6, 6.07) is 9.69. The number of imide groups is 2. The maximum Gasteiger partial charge on any atom is 0.262 e. The second kappa shape index (κ2) is 17.9. The smallest absolute Gasteiger partial charge is 0.262 e. The highest BCUT2D eigenvalue weighted by Crippen LogP contribution is 2.37. The molecule has 2 aromatic carbocycles. The number of ether oxygens (including phenoxy) is 6. The maximum absolute atomic E-state index is 15.7. The van der Waals surface area contributed by atoms with Crippen LogP contribution in [0.3, 0.4) is 0 Å². The third-order valence-electron chi connectivity index (χ3n) is 9.50. The van der Waals surface area contributed by atoms with Crippen molar-refractivity contribution >= 4 is 45.4 Å². The number of aryl methyl sites for hydroxylation is 1. The summed E-state index contributed by atoms with van der Waals surface area (Å²) >= 11 is 0. The Balaban J connectivity index is 0.710. The molecule has 1 saturated heterocycles. The fourth-order valence-corrected chi connectivity index (χ4v) is 6.75. The van der Waals surface area contributed by atoms with E-state index in [-0.39, 0.29) is 67.0 Å². The SMILES string of the molecule is Cn1c2ccncc2c2cc(F)c(-c3ccc(OCCOCCOCCOCCOCCOc4ccc5c(c4)C(=O)N(C4CCC(=O)NC4=O)C5=O)nc3)c(F)c21. The molecule has 17 heteroatoms. The van der Waals surface area contributed by atoms with Gasteiger partial charge < -0.3 is 33.0 Å². The number of nitrogens with one attached hydrogen (secondary N) is 1. The van der Waals surface area contributed by atoms with Crippen LogP contribution in [0, 0.1) is 11.6 Å². The molecule has 0 radical (unpaired) electrons. The number of benzene rings is 2. The van der Waals surface area contributed by atoms with E-state index in [1.165, 1.54) is 24.4 Å². The molecule has 1 unspecified atom stereocenters. The average molecular weight is 788 g/mol. The predicted octanol–water partition coefficient (Wildman–Crippen LogP) is 3.99. The van der Waals surface area contributed by atoms with Crippen molar-refractivity contribution in [1.82, 2.24) is 24.8 Å². The highest BCUT2D eigenvalue weighted by molar-refractivity contribution is 6.23. The van der Waals surface area contributed by atoms with Gasteiger partial charge in [0, 0.05) is 54.5 Å². The third-order valence-corrected chi connectivity index (χ3v) is 9.50. The van der Waals surface area contributed by atoms with Crippen molar-refractivity contribution in [2.45, 2.75) is 18.9 Å². The molecule has 0 bridgehead atoms. The van der Waals surface area contributed by atoms with E-state index in [9.17, 15) is 19.2 Å². The van der Waals surface area contributed by atoms with Gasteiger partial charge in [-0.1, -0.05) is 0 Å². The monoisotopic (exact) mass is 787 g/mol. The zero-order valence-electron chi connectivity index (χ0n) is 31.0. The average Bonchev–Trinajstić information content (AvgIpc) is 3.63. The predicted molar refractivity (Wildman–Crippen MR) is 199 cm³/mol. The quantitative estimate of drug-likeness (QED) is 0.0945. The van der Waals surface area contributed by atoms with Crippen molar-refractivity contribution in [2.24, 2.45) is 7.05 Å². The molecule has 1 N–H and O–H groups in total. The Morgan fingerprint density at radius 1 is 0.754 bits per heavy atom. The van der Waals surface area contributed by atoms with Crippen LogP contribution in [0.1, 0.15) is 33.6 Å². The molecule has 0 saturated carbocycles. The number of carbonyl (C=O) groups excluding carboxylic acids is 4. The van der Waals surface area contributed by atoms with E-state index in [0.717, 1.165) is 10.4 Å². The summed E-state index contributed by atoms with van der Waals surface area (Å²) in [7, 11) is 1.73. The van der Waals surface area contributed by atoms with E-state index >= 15 is 8.78 Å². The number of rotatable bonds is 19. The van der Waals surface area contributed by atoms with Gasteiger partial charge in [-0.15, -0.1) is 0 Å². The van der Waals surface area contributed by atoms with E-state index in [0.29, 0.717) is 62.0 Å².